The molecule has 1 aromatic rings. The van der Waals surface area contributed by atoms with Gasteiger partial charge in [-0.15, -0.1) is 0 Å². The van der Waals surface area contributed by atoms with Crippen molar-refractivity contribution in [3.05, 3.63) is 23.3 Å². The highest BCUT2D eigenvalue weighted by molar-refractivity contribution is 5.97. The van der Waals surface area contributed by atoms with Crippen LogP contribution in [-0.2, 0) is 0 Å². The third kappa shape index (κ3) is 3.42. The second-order valence-corrected chi connectivity index (χ2v) is 4.72. The monoisotopic (exact) mass is 280 g/mol. The van der Waals surface area contributed by atoms with Gasteiger partial charge in [0.15, 0.2) is 11.5 Å². The summed E-state index contributed by atoms with van der Waals surface area (Å²) >= 11 is 0. The molecule has 1 heterocycles. The minimum Gasteiger partial charge on any atom is -0.504 e. The van der Waals surface area contributed by atoms with Gasteiger partial charge in [-0.25, -0.2) is 0 Å². The Labute approximate surface area is 120 Å². The van der Waals surface area contributed by atoms with Crippen LogP contribution in [0.1, 0.15) is 29.8 Å². The maximum Gasteiger partial charge on any atom is 0.257 e. The van der Waals surface area contributed by atoms with E-state index in [-0.39, 0.29) is 23.0 Å². The normalized spacial score (nSPS) is 15.5. The van der Waals surface area contributed by atoms with Gasteiger partial charge in [0.2, 0.25) is 0 Å². The van der Waals surface area contributed by atoms with E-state index in [0.29, 0.717) is 18.7 Å². The van der Waals surface area contributed by atoms with Crippen LogP contribution in [0.3, 0.4) is 0 Å². The predicted molar refractivity (Wildman–Crippen MR) is 79.3 cm³/mol. The average molecular weight is 280 g/mol. The molecule has 2 N–H and O–H groups in total. The van der Waals surface area contributed by atoms with Crippen LogP contribution < -0.4 is 0 Å². The van der Waals surface area contributed by atoms with Gasteiger partial charge >= 0.3 is 0 Å². The molecule has 1 fully saturated rings. The molecule has 20 heavy (non-hydrogen) atoms. The molecule has 0 saturated carbocycles. The van der Waals surface area contributed by atoms with Gasteiger partial charge in [-0.3, -0.25) is 4.79 Å². The second-order valence-electron chi connectivity index (χ2n) is 4.72. The molecular formula is C15H24N2O3. The molecule has 1 aliphatic heterocycles. The van der Waals surface area contributed by atoms with Crippen molar-refractivity contribution < 1.29 is 15.0 Å². The van der Waals surface area contributed by atoms with Crippen molar-refractivity contribution in [2.75, 3.05) is 33.2 Å². The first kappa shape index (κ1) is 16.3. The largest absolute Gasteiger partial charge is 0.504 e. The molecule has 112 valence electrons. The summed E-state index contributed by atoms with van der Waals surface area (Å²) in [5, 5.41) is 19.5. The summed E-state index contributed by atoms with van der Waals surface area (Å²) in [6.07, 6.45) is 0. The Morgan fingerprint density at radius 3 is 2.15 bits per heavy atom. The standard InChI is InChI=1S/C13H18N2O3.C2H6/c1-9-3-4-10(12(17)11(9)16)13(18)15-7-5-14(2)6-8-15;1-2/h3-4,16-17H,5-8H2,1-2H3;1-2H3. The second kappa shape index (κ2) is 7.14. The molecule has 1 amide bonds. The van der Waals surface area contributed by atoms with Crippen LogP contribution >= 0.6 is 0 Å². The third-order valence-electron chi connectivity index (χ3n) is 3.37. The molecule has 5 nitrogen and oxygen atoms in total. The van der Waals surface area contributed by atoms with Crippen LogP contribution in [0.2, 0.25) is 0 Å². The van der Waals surface area contributed by atoms with Gasteiger partial charge in [0, 0.05) is 26.2 Å². The van der Waals surface area contributed by atoms with Gasteiger partial charge in [-0.2, -0.15) is 0 Å². The first-order chi connectivity index (χ1) is 9.50. The zero-order valence-electron chi connectivity index (χ0n) is 12.7. The maximum absolute atomic E-state index is 12.2. The van der Waals surface area contributed by atoms with Gasteiger partial charge in [0.25, 0.3) is 5.91 Å². The van der Waals surface area contributed by atoms with Crippen molar-refractivity contribution in [1.29, 1.82) is 0 Å². The number of hydrogen-bond acceptors (Lipinski definition) is 4. The summed E-state index contributed by atoms with van der Waals surface area (Å²) in [6, 6.07) is 3.20. The number of phenols is 2. The van der Waals surface area contributed by atoms with Crippen LogP contribution in [0, 0.1) is 6.92 Å². The van der Waals surface area contributed by atoms with E-state index in [1.165, 1.54) is 0 Å². The molecule has 0 atom stereocenters. The fraction of sp³-hybridized carbons (Fsp3) is 0.533. The van der Waals surface area contributed by atoms with Gasteiger partial charge in [-0.1, -0.05) is 19.9 Å². The Kier molecular flexibility index (Phi) is 5.82. The van der Waals surface area contributed by atoms with Crippen LogP contribution in [0.25, 0.3) is 0 Å². The number of phenolic OH excluding ortho intramolecular Hbond substituents is 2. The van der Waals surface area contributed by atoms with Crippen molar-refractivity contribution in [1.82, 2.24) is 9.80 Å². The maximum atomic E-state index is 12.2. The molecule has 0 spiro atoms. The zero-order valence-corrected chi connectivity index (χ0v) is 12.7. The van der Waals surface area contributed by atoms with E-state index in [9.17, 15) is 15.0 Å². The van der Waals surface area contributed by atoms with Crippen molar-refractivity contribution in [3.63, 3.8) is 0 Å². The SMILES string of the molecule is CC.Cc1ccc(C(=O)N2CCN(C)CC2)c(O)c1O. The Morgan fingerprint density at radius 1 is 1.05 bits per heavy atom. The molecule has 2 rings (SSSR count). The first-order valence-corrected chi connectivity index (χ1v) is 7.00. The number of likely N-dealkylation sites (N-methyl/N-ethyl adjacent to an activating group) is 1. The van der Waals surface area contributed by atoms with Crippen LogP contribution in [-0.4, -0.2) is 59.1 Å². The summed E-state index contributed by atoms with van der Waals surface area (Å²) in [4.78, 5) is 16.1. The lowest BCUT2D eigenvalue weighted by Crippen LogP contribution is -2.47. The number of nitrogens with zero attached hydrogens (tertiary/aromatic N) is 2. The molecule has 1 saturated heterocycles. The smallest absolute Gasteiger partial charge is 0.257 e. The van der Waals surface area contributed by atoms with Crippen molar-refractivity contribution >= 4 is 5.91 Å². The predicted octanol–water partition coefficient (Wildman–Crippen LogP) is 1.82. The van der Waals surface area contributed by atoms with Crippen molar-refractivity contribution in [3.8, 4) is 11.5 Å². The fourth-order valence-corrected chi connectivity index (χ4v) is 2.03. The lowest BCUT2D eigenvalue weighted by atomic mass is 10.1. The summed E-state index contributed by atoms with van der Waals surface area (Å²) in [7, 11) is 2.01. The number of aryl methyl sites for hydroxylation is 1. The third-order valence-corrected chi connectivity index (χ3v) is 3.37. The molecule has 1 aliphatic rings. The quantitative estimate of drug-likeness (QED) is 0.770. The van der Waals surface area contributed by atoms with Crippen LogP contribution in [0.5, 0.6) is 11.5 Å². The summed E-state index contributed by atoms with van der Waals surface area (Å²) in [6.45, 7) is 8.61. The Balaban J connectivity index is 0.000000956. The van der Waals surface area contributed by atoms with Gasteiger partial charge in [0.05, 0.1) is 5.56 Å². The van der Waals surface area contributed by atoms with Gasteiger partial charge < -0.3 is 20.0 Å². The number of benzene rings is 1. The van der Waals surface area contributed by atoms with E-state index < -0.39 is 0 Å². The highest BCUT2D eigenvalue weighted by Crippen LogP contribution is 2.32. The summed E-state index contributed by atoms with van der Waals surface area (Å²) in [5.41, 5.74) is 0.727. The number of carbonyl (C=O) groups is 1. The first-order valence-electron chi connectivity index (χ1n) is 7.00. The molecule has 1 aromatic carbocycles. The van der Waals surface area contributed by atoms with E-state index in [1.807, 2.05) is 20.9 Å². The number of aromatic hydroxyl groups is 2. The number of rotatable bonds is 1. The lowest BCUT2D eigenvalue weighted by molar-refractivity contribution is 0.0660. The molecule has 5 heteroatoms. The van der Waals surface area contributed by atoms with Crippen LogP contribution in [0.15, 0.2) is 12.1 Å². The highest BCUT2D eigenvalue weighted by atomic mass is 16.3. The van der Waals surface area contributed by atoms with E-state index in [4.69, 9.17) is 0 Å². The van der Waals surface area contributed by atoms with Crippen molar-refractivity contribution in [2.45, 2.75) is 20.8 Å². The van der Waals surface area contributed by atoms with E-state index >= 15 is 0 Å². The molecule has 0 bridgehead atoms. The summed E-state index contributed by atoms with van der Waals surface area (Å²) < 4.78 is 0. The Morgan fingerprint density at radius 2 is 1.60 bits per heavy atom. The lowest BCUT2D eigenvalue weighted by Gasteiger charge is -2.32. The molecule has 0 aliphatic carbocycles. The molecule has 0 radical (unpaired) electrons. The van der Waals surface area contributed by atoms with E-state index in [1.54, 1.807) is 24.0 Å². The van der Waals surface area contributed by atoms with E-state index in [2.05, 4.69) is 4.90 Å². The van der Waals surface area contributed by atoms with Crippen LogP contribution in [0.4, 0.5) is 0 Å². The zero-order chi connectivity index (χ0) is 15.3. The number of hydrogen-bond donors (Lipinski definition) is 2. The summed E-state index contributed by atoms with van der Waals surface area (Å²) in [5.74, 6) is -0.759. The highest BCUT2D eigenvalue weighted by Gasteiger charge is 2.24. The minimum atomic E-state index is -0.320. The Bertz CT molecular complexity index is 466. The number of carbonyl (C=O) groups excluding carboxylic acids is 1. The topological polar surface area (TPSA) is 64.0 Å². The number of amides is 1. The van der Waals surface area contributed by atoms with Gasteiger partial charge in [-0.05, 0) is 25.6 Å². The molecule has 0 aromatic heterocycles. The van der Waals surface area contributed by atoms with E-state index in [0.717, 1.165) is 13.1 Å². The number of piperazine rings is 1. The fourth-order valence-electron chi connectivity index (χ4n) is 2.03. The van der Waals surface area contributed by atoms with Gasteiger partial charge in [0.1, 0.15) is 0 Å². The molecule has 0 unspecified atom stereocenters. The van der Waals surface area contributed by atoms with Crippen molar-refractivity contribution in [2.24, 2.45) is 0 Å². The Hall–Kier alpha value is -1.75. The molecular weight excluding hydrogens is 256 g/mol. The average Bonchev–Trinajstić information content (AvgIpc) is 2.47. The minimum absolute atomic E-state index is 0.169.